The van der Waals surface area contributed by atoms with E-state index in [-0.39, 0.29) is 11.1 Å². The number of thiazole rings is 1. The molecule has 0 radical (unpaired) electrons. The minimum Gasteiger partial charge on any atom is -0.347 e. The van der Waals surface area contributed by atoms with Gasteiger partial charge >= 0.3 is 0 Å². The van der Waals surface area contributed by atoms with E-state index in [1.807, 2.05) is 18.7 Å². The number of rotatable bonds is 5. The average molecular weight is 258 g/mol. The molecule has 0 spiro atoms. The van der Waals surface area contributed by atoms with E-state index in [9.17, 15) is 4.79 Å². The number of carbonyl (C=O) groups is 1. The van der Waals surface area contributed by atoms with Crippen LogP contribution >= 0.6 is 22.9 Å². The lowest BCUT2D eigenvalue weighted by Gasteiger charge is -2.20. The Hall–Kier alpha value is -1.12. The molecule has 0 aliphatic rings. The topological polar surface area (TPSA) is 57.0 Å². The van der Waals surface area contributed by atoms with Crippen LogP contribution in [0.25, 0.3) is 0 Å². The Balaban J connectivity index is 2.87. The van der Waals surface area contributed by atoms with Gasteiger partial charge in [-0.2, -0.15) is 5.26 Å². The van der Waals surface area contributed by atoms with E-state index in [0.717, 1.165) is 6.54 Å². The molecule has 0 saturated heterocycles. The number of halogens is 1. The smallest absolute Gasteiger partial charge is 0.187 e. The summed E-state index contributed by atoms with van der Waals surface area (Å²) in [5, 5.41) is 9.68. The van der Waals surface area contributed by atoms with Crippen molar-refractivity contribution in [2.24, 2.45) is 5.92 Å². The van der Waals surface area contributed by atoms with Gasteiger partial charge in [0.05, 0.1) is 12.0 Å². The number of carbonyl (C=O) groups excluding carboxylic acids is 1. The van der Waals surface area contributed by atoms with Crippen molar-refractivity contribution in [2.75, 3.05) is 18.0 Å². The van der Waals surface area contributed by atoms with Gasteiger partial charge in [0.25, 0.3) is 0 Å². The van der Waals surface area contributed by atoms with Crippen molar-refractivity contribution in [1.82, 2.24) is 4.98 Å². The first-order chi connectivity index (χ1) is 7.62. The van der Waals surface area contributed by atoms with E-state index < -0.39 is 0 Å². The summed E-state index contributed by atoms with van der Waals surface area (Å²) in [4.78, 5) is 17.1. The largest absolute Gasteiger partial charge is 0.347 e. The second-order valence-electron chi connectivity index (χ2n) is 3.34. The molecule has 0 N–H and O–H groups in total. The van der Waals surface area contributed by atoms with Crippen molar-refractivity contribution >= 4 is 34.4 Å². The molecule has 1 aromatic rings. The molecular weight excluding hydrogens is 246 g/mol. The monoisotopic (exact) mass is 257 g/mol. The molecule has 1 unspecified atom stereocenters. The van der Waals surface area contributed by atoms with Gasteiger partial charge in [0.2, 0.25) is 0 Å². The van der Waals surface area contributed by atoms with Gasteiger partial charge < -0.3 is 4.90 Å². The third kappa shape index (κ3) is 2.94. The predicted molar refractivity (Wildman–Crippen MR) is 65.2 cm³/mol. The summed E-state index contributed by atoms with van der Waals surface area (Å²) in [6.07, 6.45) is 0.699. The van der Waals surface area contributed by atoms with Gasteiger partial charge in [-0.1, -0.05) is 22.9 Å². The molecule has 16 heavy (non-hydrogen) atoms. The molecule has 0 aliphatic carbocycles. The van der Waals surface area contributed by atoms with E-state index in [4.69, 9.17) is 16.9 Å². The Morgan fingerprint density at radius 2 is 2.44 bits per heavy atom. The third-order valence-corrected chi connectivity index (χ3v) is 3.51. The van der Waals surface area contributed by atoms with Gasteiger partial charge in [0.15, 0.2) is 16.6 Å². The summed E-state index contributed by atoms with van der Waals surface area (Å²) in [6, 6.07) is 2.17. The van der Waals surface area contributed by atoms with E-state index in [0.29, 0.717) is 22.8 Å². The second-order valence-corrected chi connectivity index (χ2v) is 4.71. The normalized spacial score (nSPS) is 11.9. The summed E-state index contributed by atoms with van der Waals surface area (Å²) in [7, 11) is 0. The van der Waals surface area contributed by atoms with E-state index in [1.165, 1.54) is 11.3 Å². The molecule has 0 saturated carbocycles. The SMILES string of the molecule is CCN(CC(C)C#N)c1nc(Cl)c(C=O)s1. The molecule has 1 heterocycles. The fourth-order valence-corrected chi connectivity index (χ4v) is 2.36. The first-order valence-electron chi connectivity index (χ1n) is 4.88. The molecule has 0 fully saturated rings. The molecule has 4 nitrogen and oxygen atoms in total. The van der Waals surface area contributed by atoms with Crippen LogP contribution in [0.15, 0.2) is 0 Å². The Kier molecular flexibility index (Phi) is 4.71. The Bertz CT molecular complexity index is 413. The maximum Gasteiger partial charge on any atom is 0.187 e. The predicted octanol–water partition coefficient (Wildman–Crippen LogP) is 2.59. The number of hydrogen-bond acceptors (Lipinski definition) is 5. The zero-order valence-electron chi connectivity index (χ0n) is 9.11. The van der Waals surface area contributed by atoms with E-state index in [1.54, 1.807) is 0 Å². The van der Waals surface area contributed by atoms with Crippen LogP contribution in [-0.4, -0.2) is 24.4 Å². The zero-order valence-corrected chi connectivity index (χ0v) is 10.7. The van der Waals surface area contributed by atoms with Crippen LogP contribution < -0.4 is 4.90 Å². The number of hydrogen-bond donors (Lipinski definition) is 0. The Morgan fingerprint density at radius 3 is 2.88 bits per heavy atom. The highest BCUT2D eigenvalue weighted by Crippen LogP contribution is 2.28. The van der Waals surface area contributed by atoms with Crippen LogP contribution in [0, 0.1) is 17.2 Å². The molecule has 0 aliphatic heterocycles. The fourth-order valence-electron chi connectivity index (χ4n) is 1.22. The highest BCUT2D eigenvalue weighted by molar-refractivity contribution is 7.17. The highest BCUT2D eigenvalue weighted by atomic mass is 35.5. The maximum atomic E-state index is 10.6. The summed E-state index contributed by atoms with van der Waals surface area (Å²) in [5.41, 5.74) is 0. The number of nitrogens with zero attached hydrogens (tertiary/aromatic N) is 3. The quantitative estimate of drug-likeness (QED) is 0.761. The second kappa shape index (κ2) is 5.83. The lowest BCUT2D eigenvalue weighted by Crippen LogP contribution is -2.27. The van der Waals surface area contributed by atoms with Crippen molar-refractivity contribution in [3.63, 3.8) is 0 Å². The number of nitriles is 1. The molecule has 0 amide bonds. The molecule has 6 heteroatoms. The summed E-state index contributed by atoms with van der Waals surface area (Å²) >= 11 is 7.04. The lowest BCUT2D eigenvalue weighted by molar-refractivity contribution is 0.112. The summed E-state index contributed by atoms with van der Waals surface area (Å²) in [5.74, 6) is -0.0812. The van der Waals surface area contributed by atoms with Gasteiger partial charge in [0.1, 0.15) is 4.88 Å². The lowest BCUT2D eigenvalue weighted by atomic mass is 10.2. The molecule has 1 rings (SSSR count). The van der Waals surface area contributed by atoms with Crippen LogP contribution in [-0.2, 0) is 0 Å². The standard InChI is InChI=1S/C10H12ClN3OS/c1-3-14(5-7(2)4-12)10-13-9(11)8(6-15)16-10/h6-7H,3,5H2,1-2H3. The van der Waals surface area contributed by atoms with Crippen molar-refractivity contribution in [3.05, 3.63) is 10.0 Å². The molecule has 1 aromatic heterocycles. The fraction of sp³-hybridized carbons (Fsp3) is 0.500. The molecule has 86 valence electrons. The average Bonchev–Trinajstić information content (AvgIpc) is 2.66. The molecular formula is C10H12ClN3OS. The van der Waals surface area contributed by atoms with Gasteiger partial charge in [-0.15, -0.1) is 0 Å². The highest BCUT2D eigenvalue weighted by Gasteiger charge is 2.15. The maximum absolute atomic E-state index is 10.6. The van der Waals surface area contributed by atoms with Crippen molar-refractivity contribution < 1.29 is 4.79 Å². The van der Waals surface area contributed by atoms with Crippen LogP contribution in [0.1, 0.15) is 23.5 Å². The first-order valence-corrected chi connectivity index (χ1v) is 6.07. The zero-order chi connectivity index (χ0) is 12.1. The minimum absolute atomic E-state index is 0.0812. The van der Waals surface area contributed by atoms with Gasteiger partial charge in [-0.05, 0) is 13.8 Å². The van der Waals surface area contributed by atoms with Crippen LogP contribution in [0.5, 0.6) is 0 Å². The van der Waals surface area contributed by atoms with Crippen molar-refractivity contribution in [1.29, 1.82) is 5.26 Å². The van der Waals surface area contributed by atoms with Crippen LogP contribution in [0.2, 0.25) is 5.15 Å². The van der Waals surface area contributed by atoms with E-state index in [2.05, 4.69) is 11.1 Å². The minimum atomic E-state index is -0.0812. The van der Waals surface area contributed by atoms with Crippen LogP contribution in [0.3, 0.4) is 0 Å². The van der Waals surface area contributed by atoms with Crippen LogP contribution in [0.4, 0.5) is 5.13 Å². The summed E-state index contributed by atoms with van der Waals surface area (Å²) < 4.78 is 0. The van der Waals surface area contributed by atoms with Crippen molar-refractivity contribution in [3.8, 4) is 6.07 Å². The molecule has 1 atom stereocenters. The van der Waals surface area contributed by atoms with Gasteiger partial charge in [-0.25, -0.2) is 4.98 Å². The first kappa shape index (κ1) is 12.9. The third-order valence-electron chi connectivity index (χ3n) is 2.07. The summed E-state index contributed by atoms with van der Waals surface area (Å²) in [6.45, 7) is 5.14. The molecule has 0 bridgehead atoms. The Labute approximate surface area is 103 Å². The number of anilines is 1. The van der Waals surface area contributed by atoms with Crippen molar-refractivity contribution in [2.45, 2.75) is 13.8 Å². The Morgan fingerprint density at radius 1 is 1.75 bits per heavy atom. The van der Waals surface area contributed by atoms with Gasteiger partial charge in [0, 0.05) is 13.1 Å². The van der Waals surface area contributed by atoms with Gasteiger partial charge in [-0.3, -0.25) is 4.79 Å². The molecule has 0 aromatic carbocycles. The number of aldehydes is 1. The number of aromatic nitrogens is 1. The van der Waals surface area contributed by atoms with E-state index >= 15 is 0 Å².